The Morgan fingerprint density at radius 1 is 1.23 bits per heavy atom. The maximum atomic E-state index is 12.6. The number of hydrogen-bond donors (Lipinski definition) is 2. The molecule has 0 heterocycles. The molecule has 2 bridgehead atoms. The van der Waals surface area contributed by atoms with Gasteiger partial charge in [0.25, 0.3) is 0 Å². The van der Waals surface area contributed by atoms with Gasteiger partial charge in [-0.15, -0.1) is 0 Å². The van der Waals surface area contributed by atoms with Crippen LogP contribution in [0.2, 0.25) is 0 Å². The van der Waals surface area contributed by atoms with Crippen molar-refractivity contribution in [3.05, 3.63) is 35.9 Å². The van der Waals surface area contributed by atoms with Crippen molar-refractivity contribution in [3.63, 3.8) is 0 Å². The molecule has 0 unspecified atom stereocenters. The minimum Gasteiger partial charge on any atom is -0.497 e. The summed E-state index contributed by atoms with van der Waals surface area (Å²) < 4.78 is 5.14. The van der Waals surface area contributed by atoms with Gasteiger partial charge in [0.05, 0.1) is 18.9 Å². The summed E-state index contributed by atoms with van der Waals surface area (Å²) in [5, 5.41) is 12.3. The molecular formula is C17H19NO4. The number of hydrogen-bond acceptors (Lipinski definition) is 3. The number of anilines is 1. The Hall–Kier alpha value is -2.30. The molecular weight excluding hydrogens is 282 g/mol. The Morgan fingerprint density at radius 3 is 2.50 bits per heavy atom. The lowest BCUT2D eigenvalue weighted by molar-refractivity contribution is -0.146. The van der Waals surface area contributed by atoms with Crippen LogP contribution in [0.5, 0.6) is 5.75 Å². The van der Waals surface area contributed by atoms with E-state index in [-0.39, 0.29) is 17.7 Å². The van der Waals surface area contributed by atoms with E-state index in [9.17, 15) is 14.7 Å². The summed E-state index contributed by atoms with van der Waals surface area (Å²) in [6, 6.07) is 5.40. The zero-order valence-electron chi connectivity index (χ0n) is 12.6. The van der Waals surface area contributed by atoms with Crippen molar-refractivity contribution in [2.24, 2.45) is 23.7 Å². The second-order valence-electron chi connectivity index (χ2n) is 6.01. The van der Waals surface area contributed by atoms with Crippen molar-refractivity contribution in [1.29, 1.82) is 0 Å². The van der Waals surface area contributed by atoms with E-state index in [1.165, 1.54) is 0 Å². The van der Waals surface area contributed by atoms with Gasteiger partial charge in [-0.1, -0.05) is 12.2 Å². The molecule has 2 aliphatic carbocycles. The van der Waals surface area contributed by atoms with Gasteiger partial charge >= 0.3 is 5.97 Å². The van der Waals surface area contributed by atoms with Crippen LogP contribution in [0.25, 0.3) is 0 Å². The number of aliphatic carboxylic acids is 1. The smallest absolute Gasteiger partial charge is 0.307 e. The van der Waals surface area contributed by atoms with Crippen molar-refractivity contribution in [2.75, 3.05) is 12.4 Å². The van der Waals surface area contributed by atoms with Gasteiger partial charge in [0.1, 0.15) is 5.75 Å². The molecule has 2 aliphatic rings. The van der Waals surface area contributed by atoms with Crippen LogP contribution in [0.15, 0.2) is 30.4 Å². The van der Waals surface area contributed by atoms with E-state index in [0.29, 0.717) is 5.69 Å². The molecule has 2 N–H and O–H groups in total. The number of ether oxygens (including phenoxy) is 1. The number of allylic oxidation sites excluding steroid dienone is 2. The molecule has 5 nitrogen and oxygen atoms in total. The largest absolute Gasteiger partial charge is 0.497 e. The summed E-state index contributed by atoms with van der Waals surface area (Å²) in [7, 11) is 1.59. The lowest BCUT2D eigenvalue weighted by Crippen LogP contribution is -2.36. The summed E-state index contributed by atoms with van der Waals surface area (Å²) in [5.74, 6) is -1.47. The first-order valence-corrected chi connectivity index (χ1v) is 7.38. The van der Waals surface area contributed by atoms with Crippen LogP contribution in [0.4, 0.5) is 5.69 Å². The van der Waals surface area contributed by atoms with Crippen molar-refractivity contribution >= 4 is 17.6 Å². The second-order valence-corrected chi connectivity index (χ2v) is 6.01. The van der Waals surface area contributed by atoms with Crippen LogP contribution in [0, 0.1) is 30.6 Å². The normalized spacial score (nSPS) is 28.6. The van der Waals surface area contributed by atoms with Crippen LogP contribution >= 0.6 is 0 Å². The number of rotatable bonds is 4. The molecule has 0 spiro atoms. The average Bonchev–Trinajstić information content (AvgIpc) is 3.09. The topological polar surface area (TPSA) is 75.6 Å². The fourth-order valence-corrected chi connectivity index (χ4v) is 3.64. The fourth-order valence-electron chi connectivity index (χ4n) is 3.64. The van der Waals surface area contributed by atoms with Crippen molar-refractivity contribution in [2.45, 2.75) is 13.3 Å². The van der Waals surface area contributed by atoms with Crippen LogP contribution in [-0.4, -0.2) is 24.1 Å². The number of carboxylic acids is 1. The van der Waals surface area contributed by atoms with Crippen molar-refractivity contribution in [3.8, 4) is 5.75 Å². The van der Waals surface area contributed by atoms with Gasteiger partial charge in [-0.05, 0) is 48.9 Å². The number of carbonyl (C=O) groups excluding carboxylic acids is 1. The monoisotopic (exact) mass is 301 g/mol. The first kappa shape index (κ1) is 14.6. The highest BCUT2D eigenvalue weighted by molar-refractivity contribution is 5.97. The maximum Gasteiger partial charge on any atom is 0.307 e. The summed E-state index contributed by atoms with van der Waals surface area (Å²) in [6.07, 6.45) is 4.68. The summed E-state index contributed by atoms with van der Waals surface area (Å²) in [4.78, 5) is 24.1. The zero-order chi connectivity index (χ0) is 15.9. The highest BCUT2D eigenvalue weighted by atomic mass is 16.5. The number of fused-ring (bicyclic) bond motifs is 2. The average molecular weight is 301 g/mol. The van der Waals surface area contributed by atoms with Gasteiger partial charge in [-0.3, -0.25) is 9.59 Å². The number of benzene rings is 1. The van der Waals surface area contributed by atoms with Gasteiger partial charge in [0.2, 0.25) is 5.91 Å². The molecule has 1 fully saturated rings. The van der Waals surface area contributed by atoms with Gasteiger partial charge in [0, 0.05) is 5.69 Å². The van der Waals surface area contributed by atoms with E-state index in [1.54, 1.807) is 19.2 Å². The van der Waals surface area contributed by atoms with Gasteiger partial charge in [0.15, 0.2) is 0 Å². The van der Waals surface area contributed by atoms with E-state index in [4.69, 9.17) is 4.74 Å². The van der Waals surface area contributed by atoms with E-state index >= 15 is 0 Å². The number of aryl methyl sites for hydroxylation is 1. The molecule has 1 aromatic rings. The maximum absolute atomic E-state index is 12.6. The van der Waals surface area contributed by atoms with Crippen LogP contribution in [0.1, 0.15) is 12.0 Å². The molecule has 1 saturated carbocycles. The predicted molar refractivity (Wildman–Crippen MR) is 81.7 cm³/mol. The first-order valence-electron chi connectivity index (χ1n) is 7.38. The molecule has 5 heteroatoms. The zero-order valence-corrected chi connectivity index (χ0v) is 12.6. The summed E-state index contributed by atoms with van der Waals surface area (Å²) in [6.45, 7) is 1.88. The lowest BCUT2D eigenvalue weighted by atomic mass is 9.82. The minimum absolute atomic E-state index is 0.0183. The van der Waals surface area contributed by atoms with E-state index in [2.05, 4.69) is 5.32 Å². The summed E-state index contributed by atoms with van der Waals surface area (Å²) in [5.41, 5.74) is 1.58. The van der Waals surface area contributed by atoms with Crippen molar-refractivity contribution in [1.82, 2.24) is 0 Å². The Balaban J connectivity index is 1.80. The molecule has 4 atom stereocenters. The number of carboxylic acid groups (broad SMARTS) is 1. The molecule has 1 amide bonds. The molecule has 0 saturated heterocycles. The van der Waals surface area contributed by atoms with E-state index < -0.39 is 17.8 Å². The van der Waals surface area contributed by atoms with Crippen molar-refractivity contribution < 1.29 is 19.4 Å². The molecule has 0 aliphatic heterocycles. The van der Waals surface area contributed by atoms with Crippen LogP contribution < -0.4 is 10.1 Å². The van der Waals surface area contributed by atoms with Gasteiger partial charge in [-0.2, -0.15) is 0 Å². The SMILES string of the molecule is COc1ccc(NC(=O)[C@@H]2[C@@H](C(=O)O)[C@H]3C=C[C@@H]2C3)c(C)c1. The number of nitrogens with one attached hydrogen (secondary N) is 1. The third-order valence-corrected chi connectivity index (χ3v) is 4.74. The fraction of sp³-hybridized carbons (Fsp3) is 0.412. The lowest BCUT2D eigenvalue weighted by Gasteiger charge is -2.24. The minimum atomic E-state index is -0.886. The Morgan fingerprint density at radius 2 is 1.91 bits per heavy atom. The number of carbonyl (C=O) groups is 2. The van der Waals surface area contributed by atoms with E-state index in [1.807, 2.05) is 25.1 Å². The molecule has 0 aromatic heterocycles. The molecule has 3 rings (SSSR count). The highest BCUT2D eigenvalue weighted by Gasteiger charge is 2.51. The van der Waals surface area contributed by atoms with Crippen LogP contribution in [-0.2, 0) is 9.59 Å². The van der Waals surface area contributed by atoms with E-state index in [0.717, 1.165) is 17.7 Å². The molecule has 0 radical (unpaired) electrons. The third kappa shape index (κ3) is 2.36. The number of amides is 1. The molecule has 116 valence electrons. The van der Waals surface area contributed by atoms with Gasteiger partial charge < -0.3 is 15.2 Å². The standard InChI is InChI=1S/C17H19NO4/c1-9-7-12(22-2)5-6-13(9)18-16(19)14-10-3-4-11(8-10)15(14)17(20)21/h3-7,10-11,14-15H,8H2,1-2H3,(H,18,19)(H,20,21)/t10-,11+,14+,15+/m1/s1. The second kappa shape index (κ2) is 5.48. The Bertz CT molecular complexity index is 652. The Labute approximate surface area is 129 Å². The van der Waals surface area contributed by atoms with Gasteiger partial charge in [-0.25, -0.2) is 0 Å². The Kier molecular flexibility index (Phi) is 3.64. The quantitative estimate of drug-likeness (QED) is 0.838. The number of methoxy groups -OCH3 is 1. The first-order chi connectivity index (χ1) is 10.5. The molecule has 22 heavy (non-hydrogen) atoms. The third-order valence-electron chi connectivity index (χ3n) is 4.74. The summed E-state index contributed by atoms with van der Waals surface area (Å²) >= 11 is 0. The molecule has 1 aromatic carbocycles. The van der Waals surface area contributed by atoms with Crippen LogP contribution in [0.3, 0.4) is 0 Å². The highest BCUT2D eigenvalue weighted by Crippen LogP contribution is 2.48. The predicted octanol–water partition coefficient (Wildman–Crippen LogP) is 2.47.